The van der Waals surface area contributed by atoms with E-state index >= 15 is 0 Å². The fraction of sp³-hybridized carbons (Fsp3) is 0.769. The first-order chi connectivity index (χ1) is 8.17. The van der Waals surface area contributed by atoms with E-state index in [0.29, 0.717) is 0 Å². The van der Waals surface area contributed by atoms with Crippen LogP contribution in [0, 0.1) is 5.41 Å². The molecular weight excluding hydrogens is 232 g/mol. The Morgan fingerprint density at radius 2 is 1.88 bits per heavy atom. The lowest BCUT2D eigenvalue weighted by atomic mass is 9.82. The van der Waals surface area contributed by atoms with E-state index in [-0.39, 0.29) is 11.1 Å². The lowest BCUT2D eigenvalue weighted by Gasteiger charge is -2.31. The molecule has 3 nitrogen and oxygen atoms in total. The summed E-state index contributed by atoms with van der Waals surface area (Å²) < 4.78 is 3.49. The second kappa shape index (κ2) is 5.34. The van der Waals surface area contributed by atoms with Gasteiger partial charge in [-0.3, -0.25) is 4.57 Å². The SMILES string of the molecule is Cn1ccn(CC2(CS)CCCCCC2)c1=O. The van der Waals surface area contributed by atoms with E-state index in [2.05, 4.69) is 12.6 Å². The van der Waals surface area contributed by atoms with E-state index in [1.54, 1.807) is 11.6 Å². The highest BCUT2D eigenvalue weighted by atomic mass is 32.1. The number of nitrogens with zero attached hydrogens (tertiary/aromatic N) is 2. The molecule has 0 spiro atoms. The summed E-state index contributed by atoms with van der Waals surface area (Å²) in [6.07, 6.45) is 11.4. The van der Waals surface area contributed by atoms with E-state index in [1.165, 1.54) is 38.5 Å². The summed E-state index contributed by atoms with van der Waals surface area (Å²) in [7, 11) is 1.80. The molecule has 96 valence electrons. The first kappa shape index (κ1) is 12.8. The third kappa shape index (κ3) is 2.79. The fourth-order valence-corrected chi connectivity index (χ4v) is 3.25. The van der Waals surface area contributed by atoms with E-state index in [4.69, 9.17) is 0 Å². The number of aromatic nitrogens is 2. The second-order valence-electron chi connectivity index (χ2n) is 5.39. The minimum absolute atomic E-state index is 0.0930. The van der Waals surface area contributed by atoms with Crippen molar-refractivity contribution in [3.05, 3.63) is 22.9 Å². The number of hydrogen-bond acceptors (Lipinski definition) is 2. The summed E-state index contributed by atoms with van der Waals surface area (Å²) in [5.74, 6) is 0.883. The number of aryl methyl sites for hydroxylation is 1. The zero-order chi connectivity index (χ0) is 12.3. The van der Waals surface area contributed by atoms with Crippen LogP contribution < -0.4 is 5.69 Å². The van der Waals surface area contributed by atoms with Crippen molar-refractivity contribution in [1.29, 1.82) is 0 Å². The normalized spacial score (nSPS) is 20.1. The van der Waals surface area contributed by atoms with Crippen molar-refractivity contribution in [3.8, 4) is 0 Å². The number of hydrogen-bond donors (Lipinski definition) is 1. The van der Waals surface area contributed by atoms with Gasteiger partial charge in [0.25, 0.3) is 0 Å². The van der Waals surface area contributed by atoms with E-state index < -0.39 is 0 Å². The van der Waals surface area contributed by atoms with Crippen LogP contribution in [0.2, 0.25) is 0 Å². The highest BCUT2D eigenvalue weighted by molar-refractivity contribution is 7.80. The predicted octanol–water partition coefficient (Wildman–Crippen LogP) is 2.46. The van der Waals surface area contributed by atoms with Gasteiger partial charge in [0, 0.05) is 26.0 Å². The van der Waals surface area contributed by atoms with Crippen LogP contribution in [0.25, 0.3) is 0 Å². The van der Waals surface area contributed by atoms with Crippen LogP contribution in [0.15, 0.2) is 17.2 Å². The molecule has 0 N–H and O–H groups in total. The maximum absolute atomic E-state index is 11.9. The summed E-state index contributed by atoms with van der Waals surface area (Å²) in [4.78, 5) is 11.9. The fourth-order valence-electron chi connectivity index (χ4n) is 2.84. The van der Waals surface area contributed by atoms with Crippen LogP contribution in [-0.4, -0.2) is 14.9 Å². The zero-order valence-electron chi connectivity index (χ0n) is 10.6. The van der Waals surface area contributed by atoms with Crippen LogP contribution in [0.5, 0.6) is 0 Å². The molecule has 1 saturated carbocycles. The maximum atomic E-state index is 11.9. The predicted molar refractivity (Wildman–Crippen MR) is 73.7 cm³/mol. The van der Waals surface area contributed by atoms with Gasteiger partial charge in [0.2, 0.25) is 0 Å². The van der Waals surface area contributed by atoms with Gasteiger partial charge in [-0.1, -0.05) is 25.7 Å². The molecule has 0 radical (unpaired) electrons. The highest BCUT2D eigenvalue weighted by Crippen LogP contribution is 2.37. The van der Waals surface area contributed by atoms with Crippen molar-refractivity contribution < 1.29 is 0 Å². The van der Waals surface area contributed by atoms with Crippen molar-refractivity contribution in [2.24, 2.45) is 12.5 Å². The van der Waals surface area contributed by atoms with Crippen molar-refractivity contribution >= 4 is 12.6 Å². The summed E-state index contributed by atoms with van der Waals surface area (Å²) in [5, 5.41) is 0. The first-order valence-corrected chi connectivity index (χ1v) is 7.13. The molecule has 0 aliphatic heterocycles. The van der Waals surface area contributed by atoms with Gasteiger partial charge >= 0.3 is 5.69 Å². The van der Waals surface area contributed by atoms with Crippen molar-refractivity contribution in [2.45, 2.75) is 45.1 Å². The number of thiol groups is 1. The summed E-state index contributed by atoms with van der Waals surface area (Å²) in [5.41, 5.74) is 0.320. The van der Waals surface area contributed by atoms with Gasteiger partial charge in [-0.2, -0.15) is 12.6 Å². The Bertz CT molecular complexity index is 413. The second-order valence-corrected chi connectivity index (χ2v) is 5.71. The van der Waals surface area contributed by atoms with Gasteiger partial charge in [0.05, 0.1) is 0 Å². The third-order valence-electron chi connectivity index (χ3n) is 4.02. The molecular formula is C13H22N2OS. The average Bonchev–Trinajstić information content (AvgIpc) is 2.59. The molecule has 1 aliphatic rings. The molecule has 17 heavy (non-hydrogen) atoms. The van der Waals surface area contributed by atoms with Gasteiger partial charge in [-0.25, -0.2) is 4.79 Å². The van der Waals surface area contributed by atoms with Crippen LogP contribution in [0.4, 0.5) is 0 Å². The van der Waals surface area contributed by atoms with Gasteiger partial charge < -0.3 is 4.57 Å². The molecule has 0 atom stereocenters. The standard InChI is InChI=1S/C13H22N2OS/c1-14-8-9-15(12(14)16)10-13(11-17)6-4-2-3-5-7-13/h8-9,17H,2-7,10-11H2,1H3. The average molecular weight is 254 g/mol. The van der Waals surface area contributed by atoms with Crippen LogP contribution in [0.3, 0.4) is 0 Å². The highest BCUT2D eigenvalue weighted by Gasteiger charge is 2.30. The van der Waals surface area contributed by atoms with Gasteiger partial charge in [0.15, 0.2) is 0 Å². The summed E-state index contributed by atoms with van der Waals surface area (Å²) >= 11 is 4.55. The number of imidazole rings is 1. The smallest absolute Gasteiger partial charge is 0.302 e. The largest absolute Gasteiger partial charge is 0.327 e. The van der Waals surface area contributed by atoms with Crippen molar-refractivity contribution in [2.75, 3.05) is 5.75 Å². The van der Waals surface area contributed by atoms with Gasteiger partial charge in [-0.05, 0) is 24.0 Å². The summed E-state index contributed by atoms with van der Waals surface area (Å²) in [6, 6.07) is 0. The molecule has 0 aromatic carbocycles. The van der Waals surface area contributed by atoms with E-state index in [9.17, 15) is 4.79 Å². The maximum Gasteiger partial charge on any atom is 0.327 e. The Balaban J connectivity index is 2.18. The zero-order valence-corrected chi connectivity index (χ0v) is 11.5. The molecule has 0 bridgehead atoms. The van der Waals surface area contributed by atoms with Crippen molar-refractivity contribution in [3.63, 3.8) is 0 Å². The van der Waals surface area contributed by atoms with Crippen LogP contribution in [0.1, 0.15) is 38.5 Å². The molecule has 0 unspecified atom stereocenters. The Morgan fingerprint density at radius 3 is 2.35 bits per heavy atom. The van der Waals surface area contributed by atoms with Crippen molar-refractivity contribution in [1.82, 2.24) is 9.13 Å². The molecule has 1 aliphatic carbocycles. The molecule has 0 amide bonds. The van der Waals surface area contributed by atoms with Gasteiger partial charge in [-0.15, -0.1) is 0 Å². The summed E-state index contributed by atoms with van der Waals surface area (Å²) in [6.45, 7) is 0.830. The Labute approximate surface area is 108 Å². The molecule has 2 rings (SSSR count). The minimum atomic E-state index is 0.0930. The molecule has 1 heterocycles. The van der Waals surface area contributed by atoms with Crippen LogP contribution >= 0.6 is 12.6 Å². The van der Waals surface area contributed by atoms with E-state index in [0.717, 1.165) is 12.3 Å². The lowest BCUT2D eigenvalue weighted by molar-refractivity contribution is 0.237. The molecule has 1 fully saturated rings. The minimum Gasteiger partial charge on any atom is -0.302 e. The lowest BCUT2D eigenvalue weighted by Crippen LogP contribution is -2.33. The topological polar surface area (TPSA) is 26.9 Å². The molecule has 0 saturated heterocycles. The molecule has 1 aromatic heterocycles. The Morgan fingerprint density at radius 1 is 1.24 bits per heavy atom. The van der Waals surface area contributed by atoms with E-state index in [1.807, 2.05) is 17.0 Å². The Hall–Kier alpha value is -0.640. The molecule has 4 heteroatoms. The van der Waals surface area contributed by atoms with Crippen LogP contribution in [-0.2, 0) is 13.6 Å². The first-order valence-electron chi connectivity index (χ1n) is 6.49. The quantitative estimate of drug-likeness (QED) is 0.651. The van der Waals surface area contributed by atoms with Gasteiger partial charge in [0.1, 0.15) is 0 Å². The monoisotopic (exact) mass is 254 g/mol. The Kier molecular flexibility index (Phi) is 4.02. The third-order valence-corrected chi connectivity index (χ3v) is 4.69. The number of rotatable bonds is 3. The molecule has 1 aromatic rings.